The molecule has 0 unspecified atom stereocenters. The van der Waals surface area contributed by atoms with E-state index in [9.17, 15) is 14.9 Å². The molecule has 1 aromatic heterocycles. The Labute approximate surface area is 145 Å². The molecule has 0 aliphatic heterocycles. The van der Waals surface area contributed by atoms with Gasteiger partial charge in [0.05, 0.1) is 8.71 Å². The van der Waals surface area contributed by atoms with Gasteiger partial charge in [0, 0.05) is 22.2 Å². The molecule has 114 valence electrons. The lowest BCUT2D eigenvalue weighted by atomic mass is 10.2. The van der Waals surface area contributed by atoms with E-state index in [1.807, 2.05) is 0 Å². The highest BCUT2D eigenvalue weighted by atomic mass is 79.9. The molecule has 0 spiro atoms. The van der Waals surface area contributed by atoms with Crippen molar-refractivity contribution in [3.63, 3.8) is 0 Å². The molecule has 22 heavy (non-hydrogen) atoms. The Morgan fingerprint density at radius 3 is 2.45 bits per heavy atom. The smallest absolute Gasteiger partial charge is 0.375 e. The third-order valence-corrected chi connectivity index (χ3v) is 5.68. The van der Waals surface area contributed by atoms with Crippen LogP contribution in [0.2, 0.25) is 0 Å². The van der Waals surface area contributed by atoms with Crippen molar-refractivity contribution < 1.29 is 14.6 Å². The van der Waals surface area contributed by atoms with Gasteiger partial charge in [-0.05, 0) is 50.1 Å². The van der Waals surface area contributed by atoms with Crippen LogP contribution in [0.3, 0.4) is 0 Å². The Bertz CT molecular complexity index is 739. The van der Waals surface area contributed by atoms with Gasteiger partial charge in [-0.2, -0.15) is 0 Å². The number of non-ortho nitro benzene ring substituents is 1. The van der Waals surface area contributed by atoms with E-state index in [0.29, 0.717) is 10.4 Å². The number of carbonyl (C=O) groups is 1. The molecule has 0 aliphatic rings. The van der Waals surface area contributed by atoms with E-state index in [-0.39, 0.29) is 11.5 Å². The predicted octanol–water partition coefficient (Wildman–Crippen LogP) is 3.66. The van der Waals surface area contributed by atoms with E-state index in [1.165, 1.54) is 35.6 Å². The molecule has 10 heteroatoms. The minimum absolute atomic E-state index is 0.0575. The second-order valence-corrected chi connectivity index (χ2v) is 7.12. The molecule has 2 aromatic rings. The van der Waals surface area contributed by atoms with Crippen LogP contribution in [0.4, 0.5) is 5.69 Å². The first-order valence-corrected chi connectivity index (χ1v) is 8.03. The summed E-state index contributed by atoms with van der Waals surface area (Å²) in [6, 6.07) is 7.00. The van der Waals surface area contributed by atoms with Gasteiger partial charge in [-0.3, -0.25) is 10.1 Å². The van der Waals surface area contributed by atoms with Crippen LogP contribution in [0.5, 0.6) is 0 Å². The quantitative estimate of drug-likeness (QED) is 0.252. The van der Waals surface area contributed by atoms with Crippen LogP contribution in [0.15, 0.2) is 43.7 Å². The standard InChI is InChI=1S/C12H7Br2N3O4S/c13-8-5-9(22-10(8)14)12(18)21-16-11(15)6-1-3-7(4-2-6)17(19)20/h1-5H,(H2,15,16). The van der Waals surface area contributed by atoms with E-state index in [4.69, 9.17) is 10.6 Å². The van der Waals surface area contributed by atoms with Gasteiger partial charge in [-0.25, -0.2) is 4.79 Å². The average Bonchev–Trinajstić information content (AvgIpc) is 2.84. The molecule has 0 fully saturated rings. The molecule has 2 N–H and O–H groups in total. The van der Waals surface area contributed by atoms with Gasteiger partial charge in [0.2, 0.25) is 0 Å². The van der Waals surface area contributed by atoms with Gasteiger partial charge in [0.25, 0.3) is 5.69 Å². The van der Waals surface area contributed by atoms with Crippen LogP contribution in [0.1, 0.15) is 15.2 Å². The minimum atomic E-state index is -0.652. The maximum absolute atomic E-state index is 11.8. The number of nitrogens with two attached hydrogens (primary N) is 1. The summed E-state index contributed by atoms with van der Waals surface area (Å²) < 4.78 is 1.49. The highest BCUT2D eigenvalue weighted by Crippen LogP contribution is 2.32. The third-order valence-electron chi connectivity index (χ3n) is 2.45. The molecule has 0 aliphatic carbocycles. The lowest BCUT2D eigenvalue weighted by molar-refractivity contribution is -0.384. The fourth-order valence-electron chi connectivity index (χ4n) is 1.39. The average molecular weight is 449 g/mol. The number of benzene rings is 1. The normalized spacial score (nSPS) is 11.3. The molecule has 0 amide bonds. The van der Waals surface area contributed by atoms with E-state index in [1.54, 1.807) is 6.07 Å². The van der Waals surface area contributed by atoms with Crippen LogP contribution in [0, 0.1) is 10.1 Å². The fraction of sp³-hybridized carbons (Fsp3) is 0. The number of nitro groups is 1. The number of thiophene rings is 1. The molecule has 7 nitrogen and oxygen atoms in total. The molecule has 0 atom stereocenters. The van der Waals surface area contributed by atoms with Crippen LogP contribution in [0.25, 0.3) is 0 Å². The van der Waals surface area contributed by atoms with Crippen LogP contribution in [-0.2, 0) is 4.84 Å². The van der Waals surface area contributed by atoms with Crippen LogP contribution >= 0.6 is 43.2 Å². The van der Waals surface area contributed by atoms with Crippen molar-refractivity contribution in [2.75, 3.05) is 0 Å². The van der Waals surface area contributed by atoms with Crippen molar-refractivity contribution >= 4 is 60.7 Å². The van der Waals surface area contributed by atoms with Crippen molar-refractivity contribution in [3.05, 3.63) is 59.1 Å². The monoisotopic (exact) mass is 447 g/mol. The maximum atomic E-state index is 11.8. The summed E-state index contributed by atoms with van der Waals surface area (Å²) in [5.41, 5.74) is 6.01. The van der Waals surface area contributed by atoms with Gasteiger partial charge >= 0.3 is 5.97 Å². The number of nitro benzene ring substituents is 1. The number of carbonyl (C=O) groups excluding carboxylic acids is 1. The third kappa shape index (κ3) is 3.90. The molecule has 0 bridgehead atoms. The minimum Gasteiger partial charge on any atom is -0.380 e. The van der Waals surface area contributed by atoms with Gasteiger partial charge in [0.15, 0.2) is 5.84 Å². The largest absolute Gasteiger partial charge is 0.380 e. The first kappa shape index (κ1) is 16.6. The molecule has 0 saturated carbocycles. The molecule has 1 heterocycles. The number of nitrogens with zero attached hydrogens (tertiary/aromatic N) is 2. The number of halogens is 2. The Morgan fingerprint density at radius 1 is 1.32 bits per heavy atom. The van der Waals surface area contributed by atoms with Crippen molar-refractivity contribution in [2.45, 2.75) is 0 Å². The Balaban J connectivity index is 2.08. The van der Waals surface area contributed by atoms with Crippen molar-refractivity contribution in [1.82, 2.24) is 0 Å². The summed E-state index contributed by atoms with van der Waals surface area (Å²) in [4.78, 5) is 26.9. The maximum Gasteiger partial charge on any atom is 0.375 e. The van der Waals surface area contributed by atoms with Gasteiger partial charge in [-0.15, -0.1) is 11.3 Å². The van der Waals surface area contributed by atoms with Crippen LogP contribution < -0.4 is 5.73 Å². The fourth-order valence-corrected chi connectivity index (χ4v) is 3.30. The second-order valence-electron chi connectivity index (χ2n) is 3.89. The molecular weight excluding hydrogens is 442 g/mol. The summed E-state index contributed by atoms with van der Waals surface area (Å²) >= 11 is 7.71. The van der Waals surface area contributed by atoms with E-state index in [0.717, 1.165) is 8.26 Å². The zero-order valence-electron chi connectivity index (χ0n) is 10.7. The van der Waals surface area contributed by atoms with E-state index < -0.39 is 10.9 Å². The van der Waals surface area contributed by atoms with Crippen molar-refractivity contribution in [2.24, 2.45) is 10.9 Å². The molecule has 1 aromatic carbocycles. The molecule has 2 rings (SSSR count). The molecule has 0 saturated heterocycles. The van der Waals surface area contributed by atoms with Gasteiger partial charge in [0.1, 0.15) is 4.88 Å². The molecular formula is C12H7Br2N3O4S. The number of hydrogen-bond donors (Lipinski definition) is 1. The Hall–Kier alpha value is -1.78. The zero-order chi connectivity index (χ0) is 16.3. The Morgan fingerprint density at radius 2 is 1.95 bits per heavy atom. The Kier molecular flexibility index (Phi) is 5.27. The van der Waals surface area contributed by atoms with E-state index >= 15 is 0 Å². The van der Waals surface area contributed by atoms with Gasteiger partial charge < -0.3 is 10.6 Å². The van der Waals surface area contributed by atoms with E-state index in [2.05, 4.69) is 37.0 Å². The first-order valence-electron chi connectivity index (χ1n) is 5.63. The highest BCUT2D eigenvalue weighted by molar-refractivity contribution is 9.13. The second kappa shape index (κ2) is 6.99. The van der Waals surface area contributed by atoms with Crippen molar-refractivity contribution in [3.8, 4) is 0 Å². The lowest BCUT2D eigenvalue weighted by Gasteiger charge is -2.00. The summed E-state index contributed by atoms with van der Waals surface area (Å²) in [7, 11) is 0. The summed E-state index contributed by atoms with van der Waals surface area (Å²) in [6.07, 6.45) is 0. The summed E-state index contributed by atoms with van der Waals surface area (Å²) in [6.45, 7) is 0. The topological polar surface area (TPSA) is 108 Å². The number of oxime groups is 1. The summed E-state index contributed by atoms with van der Waals surface area (Å²) in [5, 5.41) is 14.1. The number of rotatable bonds is 4. The summed E-state index contributed by atoms with van der Waals surface area (Å²) in [5.74, 6) is -0.709. The zero-order valence-corrected chi connectivity index (χ0v) is 14.6. The first-order chi connectivity index (χ1) is 10.4. The van der Waals surface area contributed by atoms with Gasteiger partial charge in [-0.1, -0.05) is 5.16 Å². The number of hydrogen-bond acceptors (Lipinski definition) is 6. The van der Waals surface area contributed by atoms with Crippen LogP contribution in [-0.4, -0.2) is 16.7 Å². The highest BCUT2D eigenvalue weighted by Gasteiger charge is 2.14. The SMILES string of the molecule is N/C(=N\OC(=O)c1cc(Br)c(Br)s1)c1ccc([N+](=O)[O-])cc1. The lowest BCUT2D eigenvalue weighted by Crippen LogP contribution is -2.15. The molecule has 0 radical (unpaired) electrons. The number of amidine groups is 1. The predicted molar refractivity (Wildman–Crippen MR) is 89.0 cm³/mol. The van der Waals surface area contributed by atoms with Crippen molar-refractivity contribution in [1.29, 1.82) is 0 Å².